The van der Waals surface area contributed by atoms with Gasteiger partial charge in [0.1, 0.15) is 5.82 Å². The summed E-state index contributed by atoms with van der Waals surface area (Å²) in [5, 5.41) is 3.10. The summed E-state index contributed by atoms with van der Waals surface area (Å²) in [6.07, 6.45) is 3.68. The molecule has 0 aliphatic carbocycles. The van der Waals surface area contributed by atoms with Crippen molar-refractivity contribution in [2.75, 3.05) is 44.7 Å². The fourth-order valence-electron chi connectivity index (χ4n) is 2.11. The molecule has 5 heteroatoms. The van der Waals surface area contributed by atoms with Crippen LogP contribution >= 0.6 is 0 Å². The van der Waals surface area contributed by atoms with Crippen molar-refractivity contribution in [1.82, 2.24) is 20.2 Å². The largest absolute Gasteiger partial charge is 0.353 e. The Morgan fingerprint density at radius 3 is 2.65 bits per heavy atom. The van der Waals surface area contributed by atoms with Crippen molar-refractivity contribution < 1.29 is 0 Å². The number of piperazine rings is 1. The minimum atomic E-state index is 0.774. The van der Waals surface area contributed by atoms with E-state index >= 15 is 0 Å². The highest BCUT2D eigenvalue weighted by Gasteiger charge is 2.16. The van der Waals surface area contributed by atoms with Crippen LogP contribution in [0.5, 0.6) is 0 Å². The number of hydrogen-bond donors (Lipinski definition) is 1. The second-order valence-electron chi connectivity index (χ2n) is 4.32. The van der Waals surface area contributed by atoms with Crippen LogP contribution in [-0.2, 0) is 6.54 Å². The fraction of sp³-hybridized carbons (Fsp3) is 0.667. The molecule has 1 N–H and O–H groups in total. The molecular formula is C12H21N5. The van der Waals surface area contributed by atoms with E-state index in [-0.39, 0.29) is 0 Å². The molecule has 94 valence electrons. The predicted octanol–water partition coefficient (Wildman–Crippen LogP) is 0.338. The lowest BCUT2D eigenvalue weighted by atomic mass is 10.3. The van der Waals surface area contributed by atoms with Crippen LogP contribution in [0.25, 0.3) is 0 Å². The average Bonchev–Trinajstić information content (AvgIpc) is 2.40. The Morgan fingerprint density at radius 2 is 2.00 bits per heavy atom. The van der Waals surface area contributed by atoms with Gasteiger partial charge in [-0.15, -0.1) is 0 Å². The van der Waals surface area contributed by atoms with Crippen molar-refractivity contribution in [2.45, 2.75) is 13.5 Å². The van der Waals surface area contributed by atoms with E-state index < -0.39 is 0 Å². The van der Waals surface area contributed by atoms with Crippen LogP contribution in [0.4, 0.5) is 5.82 Å². The van der Waals surface area contributed by atoms with Gasteiger partial charge in [-0.3, -0.25) is 4.98 Å². The van der Waals surface area contributed by atoms with Crippen molar-refractivity contribution >= 4 is 5.82 Å². The number of nitrogens with zero attached hydrogens (tertiary/aromatic N) is 4. The topological polar surface area (TPSA) is 44.3 Å². The van der Waals surface area contributed by atoms with Gasteiger partial charge >= 0.3 is 0 Å². The van der Waals surface area contributed by atoms with Gasteiger partial charge in [0.05, 0.1) is 11.9 Å². The molecule has 1 aromatic heterocycles. The summed E-state index contributed by atoms with van der Waals surface area (Å²) in [6.45, 7) is 8.46. The van der Waals surface area contributed by atoms with Gasteiger partial charge in [0.25, 0.3) is 0 Å². The Labute approximate surface area is 103 Å². The summed E-state index contributed by atoms with van der Waals surface area (Å²) < 4.78 is 0. The third-order valence-corrected chi connectivity index (χ3v) is 3.17. The smallest absolute Gasteiger partial charge is 0.147 e. The standard InChI is InChI=1S/C12H21N5/c1-3-16-4-6-17(7-5-16)12-10-14-9-11(15-12)8-13-2/h9-10,13H,3-8H2,1-2H3. The lowest BCUT2D eigenvalue weighted by Crippen LogP contribution is -2.46. The van der Waals surface area contributed by atoms with Gasteiger partial charge in [0.2, 0.25) is 0 Å². The molecule has 17 heavy (non-hydrogen) atoms. The maximum atomic E-state index is 4.62. The average molecular weight is 235 g/mol. The van der Waals surface area contributed by atoms with Gasteiger partial charge in [-0.2, -0.15) is 0 Å². The molecule has 0 radical (unpaired) electrons. The lowest BCUT2D eigenvalue weighted by molar-refractivity contribution is 0.270. The molecule has 2 rings (SSSR count). The van der Waals surface area contributed by atoms with Gasteiger partial charge in [-0.05, 0) is 13.6 Å². The van der Waals surface area contributed by atoms with Crippen LogP contribution in [0.2, 0.25) is 0 Å². The van der Waals surface area contributed by atoms with Crippen molar-refractivity contribution in [3.63, 3.8) is 0 Å². The zero-order chi connectivity index (χ0) is 12.1. The summed E-state index contributed by atoms with van der Waals surface area (Å²) >= 11 is 0. The Bertz CT molecular complexity index is 347. The van der Waals surface area contributed by atoms with Crippen LogP contribution in [0, 0.1) is 0 Å². The molecule has 1 aromatic rings. The van der Waals surface area contributed by atoms with E-state index in [9.17, 15) is 0 Å². The van der Waals surface area contributed by atoms with Gasteiger partial charge < -0.3 is 15.1 Å². The predicted molar refractivity (Wildman–Crippen MR) is 69.1 cm³/mol. The highest BCUT2D eigenvalue weighted by molar-refractivity contribution is 5.37. The van der Waals surface area contributed by atoms with E-state index in [2.05, 4.69) is 32.0 Å². The van der Waals surface area contributed by atoms with Crippen LogP contribution in [0.3, 0.4) is 0 Å². The first kappa shape index (κ1) is 12.3. The third kappa shape index (κ3) is 3.14. The Hall–Kier alpha value is -1.20. The first-order chi connectivity index (χ1) is 8.33. The Kier molecular flexibility index (Phi) is 4.28. The highest BCUT2D eigenvalue weighted by atomic mass is 15.3. The number of hydrogen-bond acceptors (Lipinski definition) is 5. The molecule has 5 nitrogen and oxygen atoms in total. The maximum absolute atomic E-state index is 4.62. The zero-order valence-electron chi connectivity index (χ0n) is 10.7. The normalized spacial score (nSPS) is 17.4. The molecule has 1 aliphatic rings. The van der Waals surface area contributed by atoms with Gasteiger partial charge in [-0.1, -0.05) is 6.92 Å². The number of nitrogens with one attached hydrogen (secondary N) is 1. The molecule has 0 spiro atoms. The van der Waals surface area contributed by atoms with Crippen LogP contribution in [0.15, 0.2) is 12.4 Å². The van der Waals surface area contributed by atoms with E-state index in [1.807, 2.05) is 19.4 Å². The molecule has 0 aromatic carbocycles. The molecule has 0 saturated carbocycles. The van der Waals surface area contributed by atoms with Gasteiger partial charge in [0, 0.05) is 38.9 Å². The van der Waals surface area contributed by atoms with E-state index in [1.54, 1.807) is 0 Å². The molecule has 0 bridgehead atoms. The molecule has 0 atom stereocenters. The number of anilines is 1. The number of likely N-dealkylation sites (N-methyl/N-ethyl adjacent to an activating group) is 1. The van der Waals surface area contributed by atoms with Gasteiger partial charge in [0.15, 0.2) is 0 Å². The molecule has 0 amide bonds. The summed E-state index contributed by atoms with van der Waals surface area (Å²) in [7, 11) is 1.92. The summed E-state index contributed by atoms with van der Waals surface area (Å²) in [5.41, 5.74) is 1.00. The molecule has 1 aliphatic heterocycles. The van der Waals surface area contributed by atoms with Crippen LogP contribution in [-0.4, -0.2) is 54.6 Å². The van der Waals surface area contributed by atoms with E-state index in [4.69, 9.17) is 0 Å². The van der Waals surface area contributed by atoms with E-state index in [1.165, 1.54) is 0 Å². The summed E-state index contributed by atoms with van der Waals surface area (Å²) in [4.78, 5) is 13.7. The molecular weight excluding hydrogens is 214 g/mol. The minimum absolute atomic E-state index is 0.774. The van der Waals surface area contributed by atoms with Crippen LogP contribution < -0.4 is 10.2 Å². The number of aromatic nitrogens is 2. The lowest BCUT2D eigenvalue weighted by Gasteiger charge is -2.34. The van der Waals surface area contributed by atoms with Crippen LogP contribution in [0.1, 0.15) is 12.6 Å². The Morgan fingerprint density at radius 1 is 1.24 bits per heavy atom. The van der Waals surface area contributed by atoms with Crippen molar-refractivity contribution in [3.05, 3.63) is 18.1 Å². The zero-order valence-corrected chi connectivity index (χ0v) is 10.7. The van der Waals surface area contributed by atoms with Crippen molar-refractivity contribution in [3.8, 4) is 0 Å². The fourth-order valence-corrected chi connectivity index (χ4v) is 2.11. The second kappa shape index (κ2) is 5.93. The summed E-state index contributed by atoms with van der Waals surface area (Å²) in [6, 6.07) is 0. The molecule has 1 saturated heterocycles. The van der Waals surface area contributed by atoms with Crippen molar-refractivity contribution in [1.29, 1.82) is 0 Å². The second-order valence-corrected chi connectivity index (χ2v) is 4.32. The number of rotatable bonds is 4. The summed E-state index contributed by atoms with van der Waals surface area (Å²) in [5.74, 6) is 1.01. The van der Waals surface area contributed by atoms with E-state index in [0.717, 1.165) is 50.8 Å². The van der Waals surface area contributed by atoms with Gasteiger partial charge in [-0.25, -0.2) is 4.98 Å². The quantitative estimate of drug-likeness (QED) is 0.815. The SMILES string of the molecule is CCN1CCN(c2cncc(CNC)n2)CC1. The molecule has 0 unspecified atom stereocenters. The highest BCUT2D eigenvalue weighted by Crippen LogP contribution is 2.12. The van der Waals surface area contributed by atoms with Crippen molar-refractivity contribution in [2.24, 2.45) is 0 Å². The van der Waals surface area contributed by atoms with E-state index in [0.29, 0.717) is 0 Å². The Balaban J connectivity index is 2.00. The molecule has 1 fully saturated rings. The third-order valence-electron chi connectivity index (χ3n) is 3.17. The maximum Gasteiger partial charge on any atom is 0.147 e. The minimum Gasteiger partial charge on any atom is -0.353 e. The monoisotopic (exact) mass is 235 g/mol. The first-order valence-corrected chi connectivity index (χ1v) is 6.26. The first-order valence-electron chi connectivity index (χ1n) is 6.26. The molecule has 2 heterocycles.